The van der Waals surface area contributed by atoms with Gasteiger partial charge in [-0.2, -0.15) is 0 Å². The van der Waals surface area contributed by atoms with Crippen molar-refractivity contribution in [3.05, 3.63) is 42.4 Å². The van der Waals surface area contributed by atoms with E-state index in [2.05, 4.69) is 20.3 Å². The molecule has 4 rings (SSSR count). The van der Waals surface area contributed by atoms with Crippen LogP contribution in [-0.2, 0) is 11.2 Å². The molecule has 0 bridgehead atoms. The van der Waals surface area contributed by atoms with E-state index in [1.807, 2.05) is 12.1 Å². The van der Waals surface area contributed by atoms with Crippen LogP contribution in [0, 0.1) is 5.92 Å². The molecule has 3 heterocycles. The third-order valence-corrected chi connectivity index (χ3v) is 4.51. The molecule has 7 heteroatoms. The van der Waals surface area contributed by atoms with Crippen molar-refractivity contribution in [2.45, 2.75) is 19.3 Å². The summed E-state index contributed by atoms with van der Waals surface area (Å²) in [6.07, 6.45) is 7.42. The quantitative estimate of drug-likeness (QED) is 0.650. The standard InChI is InChI=1S/C19H19N5O2/c20-18-15-10-22-17(24-19(26)12-1-2-12)8-13(15)7-16(23-18)14-9-21-5-3-11(14)4-6-25/h3,5,7-10,12,25H,1-2,4,6H2,(H2,20,23)(H,22,24,26). The maximum absolute atomic E-state index is 12.0. The molecule has 1 aliphatic carbocycles. The summed E-state index contributed by atoms with van der Waals surface area (Å²) in [5.41, 5.74) is 8.58. The Hall–Kier alpha value is -3.06. The van der Waals surface area contributed by atoms with Crippen LogP contribution in [0.4, 0.5) is 11.6 Å². The maximum Gasteiger partial charge on any atom is 0.228 e. The molecule has 0 atom stereocenters. The van der Waals surface area contributed by atoms with Crippen LogP contribution in [0.2, 0.25) is 0 Å². The number of aromatic nitrogens is 3. The molecule has 0 unspecified atom stereocenters. The van der Waals surface area contributed by atoms with Crippen LogP contribution in [0.15, 0.2) is 36.8 Å². The fourth-order valence-corrected chi connectivity index (χ4v) is 2.95. The molecule has 0 aromatic carbocycles. The van der Waals surface area contributed by atoms with E-state index in [0.717, 1.165) is 34.7 Å². The topological polar surface area (TPSA) is 114 Å². The number of fused-ring (bicyclic) bond motifs is 1. The smallest absolute Gasteiger partial charge is 0.228 e. The van der Waals surface area contributed by atoms with Crippen molar-refractivity contribution < 1.29 is 9.90 Å². The summed E-state index contributed by atoms with van der Waals surface area (Å²) >= 11 is 0. The molecule has 132 valence electrons. The summed E-state index contributed by atoms with van der Waals surface area (Å²) in [6.45, 7) is 0.0430. The average molecular weight is 349 g/mol. The van der Waals surface area contributed by atoms with Crippen LogP contribution in [0.5, 0.6) is 0 Å². The second-order valence-electron chi connectivity index (χ2n) is 6.45. The number of aliphatic hydroxyl groups is 1. The number of pyridine rings is 3. The Labute approximate surface area is 150 Å². The highest BCUT2D eigenvalue weighted by Gasteiger charge is 2.29. The number of nitrogen functional groups attached to an aromatic ring is 1. The molecular weight excluding hydrogens is 330 g/mol. The lowest BCUT2D eigenvalue weighted by atomic mass is 10.0. The summed E-state index contributed by atoms with van der Waals surface area (Å²) in [5.74, 6) is 0.996. The van der Waals surface area contributed by atoms with E-state index < -0.39 is 0 Å². The van der Waals surface area contributed by atoms with Crippen LogP contribution in [0.1, 0.15) is 18.4 Å². The van der Waals surface area contributed by atoms with Gasteiger partial charge in [0.1, 0.15) is 11.6 Å². The molecule has 3 aromatic rings. The zero-order chi connectivity index (χ0) is 18.1. The Morgan fingerprint density at radius 2 is 2.15 bits per heavy atom. The second-order valence-corrected chi connectivity index (χ2v) is 6.45. The number of hydrogen-bond acceptors (Lipinski definition) is 6. The van der Waals surface area contributed by atoms with Crippen LogP contribution in [-0.4, -0.2) is 32.6 Å². The Balaban J connectivity index is 1.75. The van der Waals surface area contributed by atoms with Crippen molar-refractivity contribution in [2.75, 3.05) is 17.7 Å². The van der Waals surface area contributed by atoms with Crippen molar-refractivity contribution >= 4 is 28.3 Å². The summed E-state index contributed by atoms with van der Waals surface area (Å²) < 4.78 is 0. The minimum Gasteiger partial charge on any atom is -0.396 e. The first-order valence-electron chi connectivity index (χ1n) is 8.57. The summed E-state index contributed by atoms with van der Waals surface area (Å²) in [5, 5.41) is 13.7. The zero-order valence-corrected chi connectivity index (χ0v) is 14.1. The minimum absolute atomic E-state index is 0.0107. The van der Waals surface area contributed by atoms with E-state index in [4.69, 9.17) is 5.73 Å². The van der Waals surface area contributed by atoms with Gasteiger partial charge in [-0.05, 0) is 48.4 Å². The predicted octanol–water partition coefficient (Wildman–Crippen LogP) is 2.16. The average Bonchev–Trinajstić information content (AvgIpc) is 3.47. The van der Waals surface area contributed by atoms with E-state index in [1.165, 1.54) is 0 Å². The van der Waals surface area contributed by atoms with Crippen molar-refractivity contribution in [1.29, 1.82) is 0 Å². The first-order chi connectivity index (χ1) is 12.7. The van der Waals surface area contributed by atoms with Gasteiger partial charge in [-0.15, -0.1) is 0 Å². The highest BCUT2D eigenvalue weighted by molar-refractivity contribution is 5.98. The van der Waals surface area contributed by atoms with Gasteiger partial charge in [0.25, 0.3) is 0 Å². The molecule has 1 fully saturated rings. The van der Waals surface area contributed by atoms with Gasteiger partial charge in [0, 0.05) is 42.1 Å². The number of nitrogens with one attached hydrogen (secondary N) is 1. The summed E-state index contributed by atoms with van der Waals surface area (Å²) in [4.78, 5) is 24.9. The summed E-state index contributed by atoms with van der Waals surface area (Å²) in [6, 6.07) is 5.57. The first-order valence-corrected chi connectivity index (χ1v) is 8.57. The maximum atomic E-state index is 12.0. The van der Waals surface area contributed by atoms with Crippen LogP contribution < -0.4 is 11.1 Å². The molecule has 1 saturated carbocycles. The number of nitrogens with zero attached hydrogens (tertiary/aromatic N) is 3. The molecule has 7 nitrogen and oxygen atoms in total. The highest BCUT2D eigenvalue weighted by Crippen LogP contribution is 2.31. The Morgan fingerprint density at radius 3 is 2.92 bits per heavy atom. The minimum atomic E-state index is 0.0107. The molecule has 0 aliphatic heterocycles. The van der Waals surface area contributed by atoms with Gasteiger partial charge in [-0.3, -0.25) is 9.78 Å². The Kier molecular flexibility index (Phi) is 4.22. The molecular formula is C19H19N5O2. The monoisotopic (exact) mass is 349 g/mol. The largest absolute Gasteiger partial charge is 0.396 e. The Morgan fingerprint density at radius 1 is 1.31 bits per heavy atom. The SMILES string of the molecule is Nc1nc(-c2cnccc2CCO)cc2cc(NC(=O)C3CC3)ncc12. The van der Waals surface area contributed by atoms with Gasteiger partial charge in [0.15, 0.2) is 0 Å². The lowest BCUT2D eigenvalue weighted by molar-refractivity contribution is -0.117. The fraction of sp³-hybridized carbons (Fsp3) is 0.263. The zero-order valence-electron chi connectivity index (χ0n) is 14.1. The van der Waals surface area contributed by atoms with Gasteiger partial charge < -0.3 is 16.2 Å². The number of hydrogen-bond donors (Lipinski definition) is 3. The molecule has 26 heavy (non-hydrogen) atoms. The third-order valence-electron chi connectivity index (χ3n) is 4.51. The predicted molar refractivity (Wildman–Crippen MR) is 99.3 cm³/mol. The van der Waals surface area contributed by atoms with Gasteiger partial charge in [0.2, 0.25) is 5.91 Å². The number of rotatable bonds is 5. The number of carbonyl (C=O) groups excluding carboxylic acids is 1. The fourth-order valence-electron chi connectivity index (χ4n) is 2.95. The van der Waals surface area contributed by atoms with E-state index >= 15 is 0 Å². The molecule has 0 saturated heterocycles. The molecule has 0 radical (unpaired) electrons. The lowest BCUT2D eigenvalue weighted by Gasteiger charge is -2.11. The van der Waals surface area contributed by atoms with Gasteiger partial charge in [-0.1, -0.05) is 0 Å². The number of aliphatic hydroxyl groups excluding tert-OH is 1. The van der Waals surface area contributed by atoms with Crippen LogP contribution >= 0.6 is 0 Å². The number of nitrogens with two attached hydrogens (primary N) is 1. The number of amides is 1. The molecule has 0 spiro atoms. The van der Waals surface area contributed by atoms with Crippen molar-refractivity contribution in [3.63, 3.8) is 0 Å². The van der Waals surface area contributed by atoms with Crippen molar-refractivity contribution in [2.24, 2.45) is 5.92 Å². The molecule has 1 amide bonds. The van der Waals surface area contributed by atoms with Crippen LogP contribution in [0.25, 0.3) is 22.0 Å². The van der Waals surface area contributed by atoms with Crippen LogP contribution in [0.3, 0.4) is 0 Å². The molecule has 4 N–H and O–H groups in total. The van der Waals surface area contributed by atoms with E-state index in [9.17, 15) is 9.90 Å². The van der Waals surface area contributed by atoms with Gasteiger partial charge in [-0.25, -0.2) is 9.97 Å². The lowest BCUT2D eigenvalue weighted by Crippen LogP contribution is -2.14. The first kappa shape index (κ1) is 16.4. The molecule has 3 aromatic heterocycles. The molecule has 1 aliphatic rings. The van der Waals surface area contributed by atoms with E-state index in [-0.39, 0.29) is 18.4 Å². The number of carbonyl (C=O) groups is 1. The number of anilines is 2. The third kappa shape index (κ3) is 3.21. The summed E-state index contributed by atoms with van der Waals surface area (Å²) in [7, 11) is 0. The van der Waals surface area contributed by atoms with Gasteiger partial charge >= 0.3 is 0 Å². The highest BCUT2D eigenvalue weighted by atomic mass is 16.3. The van der Waals surface area contributed by atoms with Crippen molar-refractivity contribution in [1.82, 2.24) is 15.0 Å². The normalized spacial score (nSPS) is 13.7. The Bertz CT molecular complexity index is 985. The van der Waals surface area contributed by atoms with Crippen molar-refractivity contribution in [3.8, 4) is 11.3 Å². The van der Waals surface area contributed by atoms with E-state index in [1.54, 1.807) is 24.7 Å². The second kappa shape index (κ2) is 6.68. The van der Waals surface area contributed by atoms with Gasteiger partial charge in [0.05, 0.1) is 5.69 Å². The van der Waals surface area contributed by atoms with E-state index in [0.29, 0.717) is 23.8 Å².